The third-order valence-corrected chi connectivity index (χ3v) is 3.64. The van der Waals surface area contributed by atoms with Crippen molar-refractivity contribution in [2.45, 2.75) is 12.3 Å². The first kappa shape index (κ1) is 18.9. The highest BCUT2D eigenvalue weighted by molar-refractivity contribution is 5.94. The first-order valence-corrected chi connectivity index (χ1v) is 7.40. The minimum absolute atomic E-state index is 0.0801. The van der Waals surface area contributed by atoms with Gasteiger partial charge in [-0.05, 0) is 24.3 Å². The second-order valence-electron chi connectivity index (χ2n) is 5.39. The van der Waals surface area contributed by atoms with E-state index in [1.165, 1.54) is 4.90 Å². The molecule has 1 aliphatic heterocycles. The van der Waals surface area contributed by atoms with Crippen LogP contribution in [0.3, 0.4) is 0 Å². The molecule has 2 amide bonds. The van der Waals surface area contributed by atoms with E-state index in [1.807, 2.05) is 0 Å². The maximum absolute atomic E-state index is 13.9. The number of halogens is 4. The van der Waals surface area contributed by atoms with Gasteiger partial charge in [0, 0.05) is 19.6 Å². The summed E-state index contributed by atoms with van der Waals surface area (Å²) in [4.78, 5) is 24.8. The van der Waals surface area contributed by atoms with E-state index in [4.69, 9.17) is 4.74 Å². The van der Waals surface area contributed by atoms with Crippen molar-refractivity contribution in [3.8, 4) is 0 Å². The number of benzene rings is 1. The minimum Gasteiger partial charge on any atom is -0.373 e. The van der Waals surface area contributed by atoms with Gasteiger partial charge in [0.05, 0.1) is 23.8 Å². The number of carbonyl (C=O) groups excluding carboxylic acids is 2. The number of hydrogen-bond acceptors (Lipinski definition) is 3. The molecule has 0 saturated carbocycles. The number of amides is 2. The molecule has 0 aliphatic carbocycles. The normalized spacial score (nSPS) is 17.9. The van der Waals surface area contributed by atoms with Gasteiger partial charge in [-0.2, -0.15) is 13.2 Å². The zero-order valence-electron chi connectivity index (χ0n) is 13.1. The average molecular weight is 360 g/mol. The zero-order valence-corrected chi connectivity index (χ0v) is 13.1. The highest BCUT2D eigenvalue weighted by Gasteiger charge is 2.33. The highest BCUT2D eigenvalue weighted by atomic mass is 19.4. The van der Waals surface area contributed by atoms with E-state index < -0.39 is 41.0 Å². The second-order valence-corrected chi connectivity index (χ2v) is 5.39. The Balaban J connectivity index is 2.07. The maximum atomic E-state index is 13.9. The molecule has 1 atom stereocenters. The zero-order chi connectivity index (χ0) is 18.6. The predicted molar refractivity (Wildman–Crippen MR) is 80.3 cm³/mol. The van der Waals surface area contributed by atoms with Gasteiger partial charge in [-0.15, -0.1) is 0 Å². The van der Waals surface area contributed by atoms with Crippen LogP contribution in [0.15, 0.2) is 30.9 Å². The van der Waals surface area contributed by atoms with Gasteiger partial charge in [-0.25, -0.2) is 4.39 Å². The molecule has 0 radical (unpaired) electrons. The molecular formula is C16H16F4N2O3. The molecule has 0 unspecified atom stereocenters. The monoisotopic (exact) mass is 360 g/mol. The number of carbonyl (C=O) groups is 2. The van der Waals surface area contributed by atoms with Crippen molar-refractivity contribution < 1.29 is 31.9 Å². The lowest BCUT2D eigenvalue weighted by molar-refractivity contribution is -0.137. The first-order valence-electron chi connectivity index (χ1n) is 7.40. The molecule has 1 fully saturated rings. The molecule has 0 spiro atoms. The summed E-state index contributed by atoms with van der Waals surface area (Å²) in [5.74, 6) is -2.36. The molecule has 1 aliphatic rings. The Kier molecular flexibility index (Phi) is 5.78. The van der Waals surface area contributed by atoms with Crippen LogP contribution in [0.1, 0.15) is 15.9 Å². The second kappa shape index (κ2) is 7.64. The largest absolute Gasteiger partial charge is 0.416 e. The Labute approximate surface area is 141 Å². The van der Waals surface area contributed by atoms with Gasteiger partial charge in [-0.1, -0.05) is 6.58 Å². The van der Waals surface area contributed by atoms with Gasteiger partial charge in [0.15, 0.2) is 0 Å². The van der Waals surface area contributed by atoms with Crippen LogP contribution in [0.2, 0.25) is 0 Å². The molecule has 1 saturated heterocycles. The van der Waals surface area contributed by atoms with Crippen LogP contribution in [0, 0.1) is 5.82 Å². The summed E-state index contributed by atoms with van der Waals surface area (Å²) in [5.41, 5.74) is -1.60. The molecule has 0 aromatic heterocycles. The topological polar surface area (TPSA) is 58.6 Å². The van der Waals surface area contributed by atoms with Crippen molar-refractivity contribution in [1.82, 2.24) is 10.2 Å². The fourth-order valence-electron chi connectivity index (χ4n) is 2.35. The fourth-order valence-corrected chi connectivity index (χ4v) is 2.35. The molecule has 1 N–H and O–H groups in total. The quantitative estimate of drug-likeness (QED) is 0.660. The van der Waals surface area contributed by atoms with Crippen LogP contribution in [0.5, 0.6) is 0 Å². The summed E-state index contributed by atoms with van der Waals surface area (Å²) in [6.45, 7) is 3.85. The van der Waals surface area contributed by atoms with Gasteiger partial charge in [0.1, 0.15) is 5.82 Å². The summed E-state index contributed by atoms with van der Waals surface area (Å²) >= 11 is 0. The van der Waals surface area contributed by atoms with Crippen LogP contribution in [0.4, 0.5) is 17.6 Å². The van der Waals surface area contributed by atoms with E-state index in [0.29, 0.717) is 12.1 Å². The average Bonchev–Trinajstić information content (AvgIpc) is 2.58. The lowest BCUT2D eigenvalue weighted by atomic mass is 10.1. The van der Waals surface area contributed by atoms with E-state index in [9.17, 15) is 27.2 Å². The van der Waals surface area contributed by atoms with Crippen molar-refractivity contribution >= 4 is 11.8 Å². The molecule has 1 aromatic rings. The van der Waals surface area contributed by atoms with Crippen LogP contribution in [-0.2, 0) is 15.7 Å². The van der Waals surface area contributed by atoms with E-state index in [1.54, 1.807) is 0 Å². The summed E-state index contributed by atoms with van der Waals surface area (Å²) in [6, 6.07) is 1.79. The van der Waals surface area contributed by atoms with E-state index in [-0.39, 0.29) is 26.2 Å². The van der Waals surface area contributed by atoms with Gasteiger partial charge in [0.2, 0.25) is 5.91 Å². The summed E-state index contributed by atoms with van der Waals surface area (Å²) in [6.07, 6.45) is -4.10. The Morgan fingerprint density at radius 2 is 2.12 bits per heavy atom. The summed E-state index contributed by atoms with van der Waals surface area (Å²) in [5, 5.41) is 2.52. The third-order valence-electron chi connectivity index (χ3n) is 3.64. The van der Waals surface area contributed by atoms with Crippen molar-refractivity contribution in [3.63, 3.8) is 0 Å². The SMILES string of the molecule is C=CC(=O)NC[C@H]1CN(C(=O)c2ccc(C(F)(F)F)cc2F)CCO1. The number of hydrogen-bond donors (Lipinski definition) is 1. The fraction of sp³-hybridized carbons (Fsp3) is 0.375. The number of nitrogens with one attached hydrogen (secondary N) is 1. The molecule has 1 heterocycles. The number of alkyl halides is 3. The minimum atomic E-state index is -4.68. The Bertz CT molecular complexity index is 676. The maximum Gasteiger partial charge on any atom is 0.416 e. The van der Waals surface area contributed by atoms with E-state index in [2.05, 4.69) is 11.9 Å². The Hall–Kier alpha value is -2.42. The Morgan fingerprint density at radius 3 is 2.72 bits per heavy atom. The molecular weight excluding hydrogens is 344 g/mol. The highest BCUT2D eigenvalue weighted by Crippen LogP contribution is 2.30. The summed E-state index contributed by atoms with van der Waals surface area (Å²) in [7, 11) is 0. The predicted octanol–water partition coefficient (Wildman–Crippen LogP) is 1.99. The van der Waals surface area contributed by atoms with Crippen molar-refractivity contribution in [1.29, 1.82) is 0 Å². The number of morpholine rings is 1. The van der Waals surface area contributed by atoms with Crippen LogP contribution < -0.4 is 5.32 Å². The smallest absolute Gasteiger partial charge is 0.373 e. The molecule has 9 heteroatoms. The molecule has 136 valence electrons. The van der Waals surface area contributed by atoms with E-state index in [0.717, 1.165) is 12.1 Å². The van der Waals surface area contributed by atoms with Gasteiger partial charge in [0.25, 0.3) is 5.91 Å². The molecule has 5 nitrogen and oxygen atoms in total. The van der Waals surface area contributed by atoms with Crippen molar-refractivity contribution in [3.05, 3.63) is 47.8 Å². The number of ether oxygens (including phenoxy) is 1. The number of rotatable bonds is 4. The molecule has 25 heavy (non-hydrogen) atoms. The van der Waals surface area contributed by atoms with Crippen molar-refractivity contribution in [2.24, 2.45) is 0 Å². The van der Waals surface area contributed by atoms with Crippen LogP contribution in [0.25, 0.3) is 0 Å². The van der Waals surface area contributed by atoms with Gasteiger partial charge < -0.3 is 15.0 Å². The van der Waals surface area contributed by atoms with Crippen LogP contribution in [-0.4, -0.2) is 49.1 Å². The van der Waals surface area contributed by atoms with Crippen LogP contribution >= 0.6 is 0 Å². The summed E-state index contributed by atoms with van der Waals surface area (Å²) < 4.78 is 57.0. The third kappa shape index (κ3) is 4.79. The standard InChI is InChI=1S/C16H16F4N2O3/c1-2-14(23)21-8-11-9-22(5-6-25-11)15(24)12-4-3-10(7-13(12)17)16(18,19)20/h2-4,7,11H,1,5-6,8-9H2,(H,21,23)/t11-/m0/s1. The van der Waals surface area contributed by atoms with Crippen molar-refractivity contribution in [2.75, 3.05) is 26.2 Å². The van der Waals surface area contributed by atoms with Gasteiger partial charge >= 0.3 is 6.18 Å². The first-order chi connectivity index (χ1) is 11.7. The molecule has 1 aromatic carbocycles. The van der Waals surface area contributed by atoms with Gasteiger partial charge in [-0.3, -0.25) is 9.59 Å². The lowest BCUT2D eigenvalue weighted by Crippen LogP contribution is -2.49. The molecule has 2 rings (SSSR count). The Morgan fingerprint density at radius 1 is 1.40 bits per heavy atom. The number of nitrogens with zero attached hydrogens (tertiary/aromatic N) is 1. The van der Waals surface area contributed by atoms with E-state index >= 15 is 0 Å². The molecule has 0 bridgehead atoms. The lowest BCUT2D eigenvalue weighted by Gasteiger charge is -2.33.